The Morgan fingerprint density at radius 1 is 1.12 bits per heavy atom. The summed E-state index contributed by atoms with van der Waals surface area (Å²) in [6.07, 6.45) is 3.17. The van der Waals surface area contributed by atoms with Crippen LogP contribution in [0.5, 0.6) is 0 Å². The lowest BCUT2D eigenvalue weighted by atomic mass is 10.2. The van der Waals surface area contributed by atoms with Crippen molar-refractivity contribution < 1.29 is 4.79 Å². The highest BCUT2D eigenvalue weighted by molar-refractivity contribution is 9.10. The predicted octanol–water partition coefficient (Wildman–Crippen LogP) is 3.68. The number of amides is 1. The minimum absolute atomic E-state index is 0.232. The smallest absolute Gasteiger partial charge is 0.267 e. The number of benzene rings is 2. The van der Waals surface area contributed by atoms with Crippen LogP contribution >= 0.6 is 15.9 Å². The summed E-state index contributed by atoms with van der Waals surface area (Å²) in [5.74, 6) is -0.232. The lowest BCUT2D eigenvalue weighted by Crippen LogP contribution is -2.22. The molecule has 0 fully saturated rings. The number of hydrogen-bond donors (Lipinski definition) is 1. The van der Waals surface area contributed by atoms with Gasteiger partial charge in [-0.25, -0.2) is 14.3 Å². The molecule has 2 aromatic carbocycles. The van der Waals surface area contributed by atoms with Crippen molar-refractivity contribution in [1.82, 2.24) is 19.4 Å². The van der Waals surface area contributed by atoms with E-state index in [0.29, 0.717) is 5.56 Å². The Morgan fingerprint density at radius 3 is 2.68 bits per heavy atom. The van der Waals surface area contributed by atoms with Gasteiger partial charge < -0.3 is 0 Å². The first-order valence-corrected chi connectivity index (χ1v) is 8.47. The Balaban J connectivity index is 1.64. The van der Waals surface area contributed by atoms with Gasteiger partial charge in [0.1, 0.15) is 6.33 Å². The third kappa shape index (κ3) is 2.83. The fourth-order valence-electron chi connectivity index (χ4n) is 2.69. The molecular weight excluding hydrogens is 382 g/mol. The van der Waals surface area contributed by atoms with Crippen molar-refractivity contribution in [3.63, 3.8) is 0 Å². The van der Waals surface area contributed by atoms with Crippen LogP contribution in [0.25, 0.3) is 16.7 Å². The quantitative estimate of drug-likeness (QED) is 0.575. The highest BCUT2D eigenvalue weighted by Gasteiger charge is 2.16. The average molecular weight is 396 g/mol. The van der Waals surface area contributed by atoms with Gasteiger partial charge in [-0.1, -0.05) is 28.1 Å². The normalized spacial score (nSPS) is 11.0. The van der Waals surface area contributed by atoms with E-state index >= 15 is 0 Å². The Hall–Kier alpha value is -2.93. The third-order valence-corrected chi connectivity index (χ3v) is 4.53. The van der Waals surface area contributed by atoms with Gasteiger partial charge >= 0.3 is 0 Å². The van der Waals surface area contributed by atoms with E-state index in [2.05, 4.69) is 31.4 Å². The Kier molecular flexibility index (Phi) is 3.85. The van der Waals surface area contributed by atoms with Gasteiger partial charge in [0, 0.05) is 4.47 Å². The van der Waals surface area contributed by atoms with E-state index in [1.165, 1.54) is 0 Å². The summed E-state index contributed by atoms with van der Waals surface area (Å²) in [6.45, 7) is 1.87. The van der Waals surface area contributed by atoms with Gasteiger partial charge in [-0.2, -0.15) is 5.10 Å². The molecule has 0 spiro atoms. The highest BCUT2D eigenvalue weighted by Crippen LogP contribution is 2.18. The van der Waals surface area contributed by atoms with Crippen LogP contribution < -0.4 is 5.43 Å². The van der Waals surface area contributed by atoms with E-state index in [1.54, 1.807) is 21.9 Å². The molecule has 1 amide bonds. The molecule has 0 saturated carbocycles. The average Bonchev–Trinajstić information content (AvgIpc) is 3.20. The molecule has 0 aliphatic heterocycles. The molecule has 0 unspecified atom stereocenters. The molecule has 124 valence electrons. The van der Waals surface area contributed by atoms with E-state index in [1.807, 2.05) is 55.5 Å². The molecule has 0 aliphatic carbocycles. The number of imidazole rings is 1. The zero-order valence-electron chi connectivity index (χ0n) is 13.3. The molecule has 0 saturated heterocycles. The first kappa shape index (κ1) is 15.6. The summed E-state index contributed by atoms with van der Waals surface area (Å²) >= 11 is 3.42. The fourth-order valence-corrected chi connectivity index (χ4v) is 2.96. The van der Waals surface area contributed by atoms with Crippen LogP contribution in [0, 0.1) is 6.92 Å². The molecule has 2 heterocycles. The zero-order valence-corrected chi connectivity index (χ0v) is 14.9. The van der Waals surface area contributed by atoms with Crippen LogP contribution in [-0.2, 0) is 0 Å². The monoisotopic (exact) mass is 395 g/mol. The van der Waals surface area contributed by atoms with Crippen LogP contribution in [0.4, 0.5) is 0 Å². The van der Waals surface area contributed by atoms with Gasteiger partial charge in [0.15, 0.2) is 0 Å². The SMILES string of the molecule is Cc1c(C(=O)Nn2cnc3ccccc32)cnn1-c1ccc(Br)cc1. The Labute approximate surface area is 152 Å². The van der Waals surface area contributed by atoms with Crippen molar-refractivity contribution in [2.45, 2.75) is 6.92 Å². The molecular formula is C18H14BrN5O. The van der Waals surface area contributed by atoms with Gasteiger partial charge in [0.2, 0.25) is 0 Å². The predicted molar refractivity (Wildman–Crippen MR) is 99.4 cm³/mol. The fraction of sp³-hybridized carbons (Fsp3) is 0.0556. The summed E-state index contributed by atoms with van der Waals surface area (Å²) in [7, 11) is 0. The topological polar surface area (TPSA) is 64.7 Å². The third-order valence-electron chi connectivity index (χ3n) is 4.00. The van der Waals surface area contributed by atoms with Crippen molar-refractivity contribution in [2.24, 2.45) is 0 Å². The van der Waals surface area contributed by atoms with Gasteiger partial charge in [-0.3, -0.25) is 10.2 Å². The lowest BCUT2D eigenvalue weighted by Gasteiger charge is -2.08. The number of carbonyl (C=O) groups is 1. The number of aromatic nitrogens is 4. The maximum atomic E-state index is 12.7. The molecule has 4 rings (SSSR count). The number of carbonyl (C=O) groups excluding carboxylic acids is 1. The summed E-state index contributed by atoms with van der Waals surface area (Å²) in [5, 5.41) is 4.34. The van der Waals surface area contributed by atoms with Crippen LogP contribution in [0.1, 0.15) is 16.1 Å². The largest absolute Gasteiger partial charge is 0.273 e. The second-order valence-corrected chi connectivity index (χ2v) is 6.49. The molecule has 0 aliphatic rings. The van der Waals surface area contributed by atoms with E-state index in [4.69, 9.17) is 0 Å². The van der Waals surface area contributed by atoms with Crippen molar-refractivity contribution >= 4 is 32.9 Å². The summed E-state index contributed by atoms with van der Waals surface area (Å²) in [5.41, 5.74) is 6.69. The zero-order chi connectivity index (χ0) is 17.4. The van der Waals surface area contributed by atoms with Crippen LogP contribution in [0.2, 0.25) is 0 Å². The maximum absolute atomic E-state index is 12.7. The molecule has 1 N–H and O–H groups in total. The van der Waals surface area contributed by atoms with Crippen LogP contribution in [0.3, 0.4) is 0 Å². The Morgan fingerprint density at radius 2 is 1.88 bits per heavy atom. The van der Waals surface area contributed by atoms with E-state index in [9.17, 15) is 4.79 Å². The first-order chi connectivity index (χ1) is 12.1. The van der Waals surface area contributed by atoms with E-state index in [-0.39, 0.29) is 5.91 Å². The Bertz CT molecular complexity index is 1060. The number of nitrogens with zero attached hydrogens (tertiary/aromatic N) is 4. The standard InChI is InChI=1S/C18H14BrN5O/c1-12-15(10-21-24(12)14-8-6-13(19)7-9-14)18(25)22-23-11-20-16-4-2-3-5-17(16)23/h2-11H,1H3,(H,22,25). The van der Waals surface area contributed by atoms with Crippen molar-refractivity contribution in [3.8, 4) is 5.69 Å². The lowest BCUT2D eigenvalue weighted by molar-refractivity contribution is 0.101. The van der Waals surface area contributed by atoms with Gasteiger partial charge in [0.25, 0.3) is 5.91 Å². The number of nitrogens with one attached hydrogen (secondary N) is 1. The van der Waals surface area contributed by atoms with Gasteiger partial charge in [0.05, 0.1) is 34.2 Å². The number of para-hydroxylation sites is 2. The second kappa shape index (κ2) is 6.18. The maximum Gasteiger partial charge on any atom is 0.273 e. The first-order valence-electron chi connectivity index (χ1n) is 7.67. The minimum atomic E-state index is -0.232. The molecule has 2 aromatic heterocycles. The molecule has 0 atom stereocenters. The molecule has 25 heavy (non-hydrogen) atoms. The molecule has 4 aromatic rings. The summed E-state index contributed by atoms with van der Waals surface area (Å²) in [6, 6.07) is 15.4. The second-order valence-electron chi connectivity index (χ2n) is 5.58. The van der Waals surface area contributed by atoms with E-state index < -0.39 is 0 Å². The minimum Gasteiger partial charge on any atom is -0.267 e. The van der Waals surface area contributed by atoms with Crippen molar-refractivity contribution in [1.29, 1.82) is 0 Å². The van der Waals surface area contributed by atoms with Gasteiger partial charge in [-0.15, -0.1) is 0 Å². The summed E-state index contributed by atoms with van der Waals surface area (Å²) < 4.78 is 4.35. The molecule has 0 bridgehead atoms. The number of fused-ring (bicyclic) bond motifs is 1. The highest BCUT2D eigenvalue weighted by atomic mass is 79.9. The number of halogens is 1. The van der Waals surface area contributed by atoms with E-state index in [0.717, 1.165) is 26.9 Å². The van der Waals surface area contributed by atoms with Crippen LogP contribution in [-0.4, -0.2) is 25.3 Å². The van der Waals surface area contributed by atoms with Crippen LogP contribution in [0.15, 0.2) is 65.5 Å². The molecule has 6 nitrogen and oxygen atoms in total. The van der Waals surface area contributed by atoms with Gasteiger partial charge in [-0.05, 0) is 43.3 Å². The molecule has 7 heteroatoms. The number of rotatable bonds is 3. The summed E-state index contributed by atoms with van der Waals surface area (Å²) in [4.78, 5) is 16.9. The van der Waals surface area contributed by atoms with Crippen molar-refractivity contribution in [3.05, 3.63) is 76.8 Å². The molecule has 0 radical (unpaired) electrons. The number of hydrogen-bond acceptors (Lipinski definition) is 3. The van der Waals surface area contributed by atoms with Crippen molar-refractivity contribution in [2.75, 3.05) is 5.43 Å².